The Morgan fingerprint density at radius 2 is 0.633 bits per heavy atom. The van der Waals surface area contributed by atoms with Crippen molar-refractivity contribution in [3.05, 3.63) is 0 Å². The highest BCUT2D eigenvalue weighted by molar-refractivity contribution is 5.81. The maximum absolute atomic E-state index is 12.3. The van der Waals surface area contributed by atoms with Crippen LogP contribution >= 0.6 is 0 Å². The molecule has 0 unspecified atom stereocenters. The molecule has 0 aliphatic heterocycles. The second kappa shape index (κ2) is 37.5. The summed E-state index contributed by atoms with van der Waals surface area (Å²) in [4.78, 5) is 12.3. The molecule has 0 aliphatic rings. The lowest BCUT2D eigenvalue weighted by Gasteiger charge is -2.35. The molecule has 0 aromatic carbocycles. The van der Waals surface area contributed by atoms with E-state index in [1.54, 1.807) is 0 Å². The van der Waals surface area contributed by atoms with E-state index in [9.17, 15) is 4.79 Å². The predicted molar refractivity (Wildman–Crippen MR) is 217 cm³/mol. The smallest absolute Gasteiger partial charge is 0.225 e. The molecule has 3 nitrogen and oxygen atoms in total. The summed E-state index contributed by atoms with van der Waals surface area (Å²) in [6.45, 7) is 15.3. The van der Waals surface area contributed by atoms with Crippen LogP contribution in [-0.2, 0) is 4.79 Å². The van der Waals surface area contributed by atoms with Gasteiger partial charge in [-0.05, 0) is 25.7 Å². The van der Waals surface area contributed by atoms with E-state index in [1.807, 2.05) is 20.8 Å². The van der Waals surface area contributed by atoms with E-state index in [2.05, 4.69) is 26.2 Å². The summed E-state index contributed by atoms with van der Waals surface area (Å²) in [7, 11) is 2.50. The van der Waals surface area contributed by atoms with Crippen molar-refractivity contribution in [3.63, 3.8) is 0 Å². The van der Waals surface area contributed by atoms with Crippen molar-refractivity contribution in [2.24, 2.45) is 5.41 Å². The van der Waals surface area contributed by atoms with E-state index in [-0.39, 0.29) is 23.7 Å². The second-order valence-corrected chi connectivity index (χ2v) is 17.3. The fraction of sp³-hybridized carbons (Fsp3) is 0.978. The first-order valence-corrected chi connectivity index (χ1v) is 22.4. The highest BCUT2D eigenvalue weighted by Gasteiger charge is 2.23. The topological polar surface area (TPSA) is 29.1 Å². The van der Waals surface area contributed by atoms with Crippen LogP contribution in [0.5, 0.6) is 0 Å². The zero-order chi connectivity index (χ0) is 35.4. The van der Waals surface area contributed by atoms with Crippen LogP contribution in [0.25, 0.3) is 0 Å². The highest BCUT2D eigenvalue weighted by Crippen LogP contribution is 2.18. The van der Waals surface area contributed by atoms with Crippen LogP contribution in [0.15, 0.2) is 0 Å². The van der Waals surface area contributed by atoms with Gasteiger partial charge < -0.3 is 22.2 Å². The lowest BCUT2D eigenvalue weighted by Crippen LogP contribution is -3.00. The van der Waals surface area contributed by atoms with Crippen LogP contribution in [0.3, 0.4) is 0 Å². The minimum absolute atomic E-state index is 0. The van der Waals surface area contributed by atoms with Gasteiger partial charge in [0.2, 0.25) is 5.91 Å². The van der Waals surface area contributed by atoms with Gasteiger partial charge in [-0.3, -0.25) is 4.79 Å². The molecule has 0 aliphatic carbocycles. The van der Waals surface area contributed by atoms with E-state index in [4.69, 9.17) is 0 Å². The Morgan fingerprint density at radius 1 is 0.408 bits per heavy atom. The number of amides is 1. The first kappa shape index (κ1) is 50.8. The SMILES string of the molecule is CCCCCCCCCCCCCCCCCC[N+](C)(CCCCCCCCCCCCCCCCCC)CCCNC(=O)C(C)(C)C.[Cl-]. The first-order valence-electron chi connectivity index (χ1n) is 22.4. The third kappa shape index (κ3) is 37.3. The number of rotatable bonds is 38. The van der Waals surface area contributed by atoms with Gasteiger partial charge in [0.15, 0.2) is 0 Å². The number of hydrogen-bond donors (Lipinski definition) is 1. The quantitative estimate of drug-likeness (QED) is 0.0501. The van der Waals surface area contributed by atoms with Crippen molar-refractivity contribution < 1.29 is 21.7 Å². The molecule has 0 heterocycles. The molecule has 0 atom stereocenters. The van der Waals surface area contributed by atoms with E-state index >= 15 is 0 Å². The van der Waals surface area contributed by atoms with Crippen molar-refractivity contribution in [2.75, 3.05) is 33.2 Å². The standard InChI is InChI=1S/C45H92N2O.ClH/c1-7-9-11-13-15-17-19-21-23-25-27-29-31-33-35-37-41-47(6,43-39-40-46-44(48)45(3,4)5)42-38-36-34-32-30-28-26-24-22-20-18-16-14-12-10-8-2;/h7-43H2,1-6H3;1H. The second-order valence-electron chi connectivity index (χ2n) is 17.3. The van der Waals surface area contributed by atoms with Gasteiger partial charge >= 0.3 is 0 Å². The Kier molecular flexibility index (Phi) is 38.9. The summed E-state index contributed by atoms with van der Waals surface area (Å²) in [5, 5.41) is 3.19. The van der Waals surface area contributed by atoms with Gasteiger partial charge in [-0.15, -0.1) is 0 Å². The van der Waals surface area contributed by atoms with E-state index in [0.717, 1.165) is 13.0 Å². The lowest BCUT2D eigenvalue weighted by molar-refractivity contribution is -0.910. The molecule has 0 rings (SSSR count). The van der Waals surface area contributed by atoms with Crippen LogP contribution in [-0.4, -0.2) is 43.6 Å². The largest absolute Gasteiger partial charge is 1.00 e. The van der Waals surface area contributed by atoms with Gasteiger partial charge in [-0.25, -0.2) is 0 Å². The average Bonchev–Trinajstić information content (AvgIpc) is 3.06. The highest BCUT2D eigenvalue weighted by atomic mass is 35.5. The van der Waals surface area contributed by atoms with Crippen molar-refractivity contribution >= 4 is 5.91 Å². The number of carbonyl (C=O) groups excluding carboxylic acids is 1. The molecule has 0 fully saturated rings. The molecular weight excluding hydrogens is 620 g/mol. The molecule has 0 radical (unpaired) electrons. The normalized spacial score (nSPS) is 12.0. The van der Waals surface area contributed by atoms with Crippen molar-refractivity contribution in [3.8, 4) is 0 Å². The number of nitrogens with one attached hydrogen (secondary N) is 1. The molecule has 4 heteroatoms. The fourth-order valence-electron chi connectivity index (χ4n) is 7.35. The minimum atomic E-state index is -0.292. The third-order valence-corrected chi connectivity index (χ3v) is 10.9. The Balaban J connectivity index is 0. The molecule has 0 spiro atoms. The van der Waals surface area contributed by atoms with E-state index in [1.165, 1.54) is 230 Å². The first-order chi connectivity index (χ1) is 23.2. The van der Waals surface area contributed by atoms with Crippen LogP contribution in [0.2, 0.25) is 0 Å². The van der Waals surface area contributed by atoms with Gasteiger partial charge in [0.25, 0.3) is 0 Å². The summed E-state index contributed by atoms with van der Waals surface area (Å²) in [5.41, 5.74) is -0.292. The Morgan fingerprint density at radius 3 is 0.878 bits per heavy atom. The number of halogens is 1. The number of quaternary nitrogens is 1. The molecule has 296 valence electrons. The van der Waals surface area contributed by atoms with E-state index < -0.39 is 0 Å². The number of carbonyl (C=O) groups is 1. The minimum Gasteiger partial charge on any atom is -1.00 e. The fourth-order valence-corrected chi connectivity index (χ4v) is 7.35. The van der Waals surface area contributed by atoms with Gasteiger partial charge in [-0.1, -0.05) is 214 Å². The molecular formula is C45H93ClN2O. The summed E-state index contributed by atoms with van der Waals surface area (Å²) in [6.07, 6.45) is 47.0. The van der Waals surface area contributed by atoms with E-state index in [0.29, 0.717) is 0 Å². The molecule has 0 bridgehead atoms. The molecule has 0 saturated carbocycles. The van der Waals surface area contributed by atoms with Crippen LogP contribution in [0.1, 0.15) is 247 Å². The number of hydrogen-bond acceptors (Lipinski definition) is 1. The molecule has 1 N–H and O–H groups in total. The monoisotopic (exact) mass is 713 g/mol. The summed E-state index contributed by atoms with van der Waals surface area (Å²) >= 11 is 0. The van der Waals surface area contributed by atoms with Crippen molar-refractivity contribution in [1.82, 2.24) is 5.32 Å². The molecule has 49 heavy (non-hydrogen) atoms. The van der Waals surface area contributed by atoms with Crippen LogP contribution in [0.4, 0.5) is 0 Å². The predicted octanol–water partition coefficient (Wildman–Crippen LogP) is 11.5. The van der Waals surface area contributed by atoms with Gasteiger partial charge in [0.1, 0.15) is 0 Å². The Hall–Kier alpha value is -0.280. The summed E-state index contributed by atoms with van der Waals surface area (Å²) in [5.74, 6) is 0.187. The molecule has 1 amide bonds. The number of unbranched alkanes of at least 4 members (excludes halogenated alkanes) is 30. The van der Waals surface area contributed by atoms with Gasteiger partial charge in [-0.2, -0.15) is 0 Å². The number of nitrogens with zero attached hydrogens (tertiary/aromatic N) is 1. The van der Waals surface area contributed by atoms with Crippen molar-refractivity contribution in [2.45, 2.75) is 247 Å². The molecule has 0 aromatic heterocycles. The Labute approximate surface area is 317 Å². The van der Waals surface area contributed by atoms with Crippen molar-refractivity contribution in [1.29, 1.82) is 0 Å². The van der Waals surface area contributed by atoms with Crippen LogP contribution in [0, 0.1) is 5.41 Å². The average molecular weight is 714 g/mol. The molecule has 0 aromatic rings. The zero-order valence-electron chi connectivity index (χ0n) is 34.9. The summed E-state index contributed by atoms with van der Waals surface area (Å²) < 4.78 is 1.20. The third-order valence-electron chi connectivity index (χ3n) is 10.9. The summed E-state index contributed by atoms with van der Waals surface area (Å²) in [6, 6.07) is 0. The Bertz CT molecular complexity index is 625. The lowest BCUT2D eigenvalue weighted by atomic mass is 9.96. The zero-order valence-corrected chi connectivity index (χ0v) is 35.7. The maximum atomic E-state index is 12.3. The molecule has 0 saturated heterocycles. The van der Waals surface area contributed by atoms with Gasteiger partial charge in [0.05, 0.1) is 26.7 Å². The van der Waals surface area contributed by atoms with Gasteiger partial charge in [0, 0.05) is 18.4 Å². The van der Waals surface area contributed by atoms with Crippen LogP contribution < -0.4 is 17.7 Å². The maximum Gasteiger partial charge on any atom is 0.225 e.